The van der Waals surface area contributed by atoms with Crippen molar-refractivity contribution in [3.05, 3.63) is 30.6 Å². The number of piperidine rings is 1. The Balaban J connectivity index is 1.26. The molecule has 1 saturated carbocycles. The van der Waals surface area contributed by atoms with Crippen LogP contribution in [0.4, 0.5) is 10.2 Å². The summed E-state index contributed by atoms with van der Waals surface area (Å²) in [5, 5.41) is 23.1. The number of hydrogen-bond acceptors (Lipinski definition) is 10. The van der Waals surface area contributed by atoms with Crippen LogP contribution in [-0.2, 0) is 0 Å². The molecule has 3 fully saturated rings. The molecular weight excluding hydrogens is 489 g/mol. The van der Waals surface area contributed by atoms with Crippen molar-refractivity contribution in [2.24, 2.45) is 0 Å². The van der Waals surface area contributed by atoms with Gasteiger partial charge in [0, 0.05) is 22.7 Å². The minimum atomic E-state index is -1.02. The van der Waals surface area contributed by atoms with Crippen molar-refractivity contribution in [1.82, 2.24) is 30.5 Å². The maximum Gasteiger partial charge on any atom is 0.278 e. The molecule has 0 spiro atoms. The summed E-state index contributed by atoms with van der Waals surface area (Å²) in [6.07, 6.45) is 6.69. The molecule has 200 valence electrons. The largest absolute Gasteiger partial charge is 0.507 e. The number of nitrogens with one attached hydrogen (secondary N) is 1. The first-order valence-corrected chi connectivity index (χ1v) is 12.9. The molecule has 1 aromatic carbocycles. The average molecular weight is 522 g/mol. The first kappa shape index (κ1) is 24.7. The highest BCUT2D eigenvalue weighted by atomic mass is 19.1. The molecule has 6 rings (SSSR count). The number of benzene rings is 1. The van der Waals surface area contributed by atoms with E-state index in [1.54, 1.807) is 30.6 Å². The Kier molecular flexibility index (Phi) is 5.86. The summed E-state index contributed by atoms with van der Waals surface area (Å²) < 4.78 is 26.2. The number of ether oxygens (including phenoxy) is 2. The fourth-order valence-electron chi connectivity index (χ4n) is 6.08. The van der Waals surface area contributed by atoms with Gasteiger partial charge in [0.15, 0.2) is 11.6 Å². The summed E-state index contributed by atoms with van der Waals surface area (Å²) in [4.78, 5) is 15.2. The van der Waals surface area contributed by atoms with Gasteiger partial charge in [-0.05, 0) is 58.1 Å². The van der Waals surface area contributed by atoms with Gasteiger partial charge in [-0.2, -0.15) is 0 Å². The van der Waals surface area contributed by atoms with Crippen molar-refractivity contribution in [3.8, 4) is 40.2 Å². The van der Waals surface area contributed by atoms with Crippen LogP contribution in [0.3, 0.4) is 0 Å². The molecule has 2 bridgehead atoms. The lowest BCUT2D eigenvalue weighted by Gasteiger charge is -2.48. The third-order valence-corrected chi connectivity index (χ3v) is 8.13. The van der Waals surface area contributed by atoms with Crippen LogP contribution in [0.2, 0.25) is 0 Å². The van der Waals surface area contributed by atoms with Crippen LogP contribution in [0.15, 0.2) is 30.6 Å². The molecule has 3 aliphatic rings. The topological polar surface area (TPSA) is 118 Å². The second-order valence-electron chi connectivity index (χ2n) is 11.1. The number of aromatic nitrogens is 5. The van der Waals surface area contributed by atoms with E-state index in [-0.39, 0.29) is 41.0 Å². The van der Waals surface area contributed by atoms with Gasteiger partial charge in [-0.25, -0.2) is 19.3 Å². The Hall–Kier alpha value is -3.60. The van der Waals surface area contributed by atoms with Crippen molar-refractivity contribution in [2.45, 2.75) is 75.3 Å². The molecule has 1 aliphatic carbocycles. The standard InChI is InChI=1S/C27H32FN7O3/c1-26-9-10-27(2,34-26)22(28)19(12-26)35(16-6-7-16)21-14-29-23(33-32-21)17-8-5-15(11-20(17)36)18-13-30-24(37-3)25(31-18)38-4/h5,8,11,13-14,16,19,22,34,36H,6-7,9-10,12H2,1-4H3/t19-,22-,26-,27+/m0/s1. The normalized spacial score (nSPS) is 28.2. The number of methoxy groups -OCH3 is 2. The molecule has 2 aromatic heterocycles. The molecule has 2 saturated heterocycles. The van der Waals surface area contributed by atoms with E-state index < -0.39 is 11.7 Å². The van der Waals surface area contributed by atoms with Gasteiger partial charge in [0.2, 0.25) is 0 Å². The van der Waals surface area contributed by atoms with Crippen molar-refractivity contribution >= 4 is 5.82 Å². The van der Waals surface area contributed by atoms with E-state index in [2.05, 4.69) is 42.3 Å². The first-order valence-electron chi connectivity index (χ1n) is 12.9. The molecule has 4 atom stereocenters. The predicted octanol–water partition coefficient (Wildman–Crippen LogP) is 3.70. The van der Waals surface area contributed by atoms with E-state index in [4.69, 9.17) is 9.47 Å². The average Bonchev–Trinajstić information content (AvgIpc) is 3.71. The molecule has 38 heavy (non-hydrogen) atoms. The van der Waals surface area contributed by atoms with Crippen molar-refractivity contribution < 1.29 is 19.0 Å². The lowest BCUT2D eigenvalue weighted by atomic mass is 9.82. The summed E-state index contributed by atoms with van der Waals surface area (Å²) in [5.74, 6) is 1.36. The van der Waals surface area contributed by atoms with E-state index >= 15 is 4.39 Å². The number of rotatable bonds is 7. The van der Waals surface area contributed by atoms with Gasteiger partial charge in [-0.1, -0.05) is 6.07 Å². The van der Waals surface area contributed by atoms with E-state index in [9.17, 15) is 5.11 Å². The lowest BCUT2D eigenvalue weighted by Crippen LogP contribution is -2.66. The Labute approximate surface area is 220 Å². The van der Waals surface area contributed by atoms with Crippen molar-refractivity contribution in [3.63, 3.8) is 0 Å². The van der Waals surface area contributed by atoms with Crippen molar-refractivity contribution in [2.75, 3.05) is 19.1 Å². The smallest absolute Gasteiger partial charge is 0.278 e. The number of fused-ring (bicyclic) bond motifs is 2. The third-order valence-electron chi connectivity index (χ3n) is 8.13. The quantitative estimate of drug-likeness (QED) is 0.476. The highest BCUT2D eigenvalue weighted by Crippen LogP contribution is 2.48. The zero-order chi connectivity index (χ0) is 26.7. The van der Waals surface area contributed by atoms with E-state index in [1.165, 1.54) is 14.2 Å². The molecule has 4 heterocycles. The molecule has 2 aliphatic heterocycles. The van der Waals surface area contributed by atoms with Gasteiger partial charge in [0.25, 0.3) is 11.8 Å². The minimum Gasteiger partial charge on any atom is -0.507 e. The second kappa shape index (κ2) is 9.00. The molecule has 10 nitrogen and oxygen atoms in total. The number of aromatic hydroxyl groups is 1. The molecule has 11 heteroatoms. The maximum absolute atomic E-state index is 15.9. The summed E-state index contributed by atoms with van der Waals surface area (Å²) in [5.41, 5.74) is 0.973. The van der Waals surface area contributed by atoms with Crippen LogP contribution in [0.1, 0.15) is 46.0 Å². The van der Waals surface area contributed by atoms with Gasteiger partial charge in [-0.3, -0.25) is 0 Å². The van der Waals surface area contributed by atoms with E-state index in [0.29, 0.717) is 29.1 Å². The van der Waals surface area contributed by atoms with Crippen molar-refractivity contribution in [1.29, 1.82) is 0 Å². The second-order valence-corrected chi connectivity index (χ2v) is 11.1. The van der Waals surface area contributed by atoms with Crippen LogP contribution in [0, 0.1) is 0 Å². The molecule has 0 amide bonds. The Morgan fingerprint density at radius 2 is 1.84 bits per heavy atom. The van der Waals surface area contributed by atoms with Gasteiger partial charge < -0.3 is 24.8 Å². The number of phenols is 1. The van der Waals surface area contributed by atoms with Crippen LogP contribution in [-0.4, -0.2) is 73.8 Å². The van der Waals surface area contributed by atoms with E-state index in [0.717, 1.165) is 25.7 Å². The Morgan fingerprint density at radius 3 is 2.50 bits per heavy atom. The van der Waals surface area contributed by atoms with Crippen LogP contribution >= 0.6 is 0 Å². The molecule has 0 radical (unpaired) electrons. The van der Waals surface area contributed by atoms with Gasteiger partial charge in [-0.15, -0.1) is 10.2 Å². The predicted molar refractivity (Wildman–Crippen MR) is 139 cm³/mol. The number of anilines is 1. The first-order chi connectivity index (χ1) is 18.2. The van der Waals surface area contributed by atoms with E-state index in [1.807, 2.05) is 6.92 Å². The zero-order valence-corrected chi connectivity index (χ0v) is 22.0. The summed E-state index contributed by atoms with van der Waals surface area (Å²) in [6.45, 7) is 4.18. The summed E-state index contributed by atoms with van der Waals surface area (Å²) in [6, 6.07) is 5.04. The maximum atomic E-state index is 15.9. The lowest BCUT2D eigenvalue weighted by molar-refractivity contribution is 0.0831. The summed E-state index contributed by atoms with van der Waals surface area (Å²) >= 11 is 0. The number of nitrogens with zero attached hydrogens (tertiary/aromatic N) is 6. The van der Waals surface area contributed by atoms with Gasteiger partial charge in [0.05, 0.1) is 43.9 Å². The van der Waals surface area contributed by atoms with Gasteiger partial charge >= 0.3 is 0 Å². The molecular formula is C27H32FN7O3. The highest BCUT2D eigenvalue weighted by Gasteiger charge is 2.58. The fourth-order valence-corrected chi connectivity index (χ4v) is 6.08. The molecule has 0 unspecified atom stereocenters. The SMILES string of the molecule is COc1ncc(-c2ccc(-c3ncc(N(C4CC4)[C@H]4C[C@]5(C)CC[C@@](C)(N5)[C@H]4F)nn3)c(O)c2)nc1OC. The van der Waals surface area contributed by atoms with Crippen LogP contribution in [0.5, 0.6) is 17.5 Å². The minimum absolute atomic E-state index is 0.0210. The Morgan fingerprint density at radius 1 is 1.05 bits per heavy atom. The highest BCUT2D eigenvalue weighted by molar-refractivity contribution is 5.71. The van der Waals surface area contributed by atoms with Gasteiger partial charge in [0.1, 0.15) is 11.9 Å². The zero-order valence-electron chi connectivity index (χ0n) is 22.0. The van der Waals surface area contributed by atoms with Crippen LogP contribution in [0.25, 0.3) is 22.6 Å². The fraction of sp³-hybridized carbons (Fsp3) is 0.519. The van der Waals surface area contributed by atoms with Crippen LogP contribution < -0.4 is 19.7 Å². The number of phenolic OH excluding ortho intramolecular Hbond substituents is 1. The number of alkyl halides is 1. The summed E-state index contributed by atoms with van der Waals surface area (Å²) in [7, 11) is 2.97. The number of hydrogen-bond donors (Lipinski definition) is 2. The molecule has 2 N–H and O–H groups in total. The number of halogens is 1. The third kappa shape index (κ3) is 4.18. The Bertz CT molecular complexity index is 1350. The monoisotopic (exact) mass is 521 g/mol. The molecule has 3 aromatic rings.